The summed E-state index contributed by atoms with van der Waals surface area (Å²) >= 11 is 7.65. The first-order valence-corrected chi connectivity index (χ1v) is 9.16. The van der Waals surface area contributed by atoms with E-state index in [1.165, 1.54) is 0 Å². The van der Waals surface area contributed by atoms with Crippen LogP contribution in [0.25, 0.3) is 0 Å². The van der Waals surface area contributed by atoms with Gasteiger partial charge < -0.3 is 15.3 Å². The third-order valence-electron chi connectivity index (χ3n) is 3.76. The van der Waals surface area contributed by atoms with E-state index < -0.39 is 0 Å². The van der Waals surface area contributed by atoms with Crippen LogP contribution in [0.1, 0.15) is 18.4 Å². The fraction of sp³-hybridized carbons (Fsp3) is 0.562. The minimum Gasteiger partial charge on any atom is -0.393 e. The zero-order valence-corrected chi connectivity index (χ0v) is 14.2. The van der Waals surface area contributed by atoms with E-state index >= 15 is 0 Å². The van der Waals surface area contributed by atoms with Crippen LogP contribution in [-0.2, 0) is 10.5 Å². The molecule has 0 aromatic heterocycles. The summed E-state index contributed by atoms with van der Waals surface area (Å²) in [5, 5.41) is 13.1. The molecule has 1 aromatic rings. The van der Waals surface area contributed by atoms with Gasteiger partial charge >= 0.3 is 0 Å². The van der Waals surface area contributed by atoms with E-state index in [0.29, 0.717) is 12.3 Å². The highest BCUT2D eigenvalue weighted by molar-refractivity contribution is 7.99. The number of aliphatic hydroxyl groups excluding tert-OH is 1. The van der Waals surface area contributed by atoms with Crippen molar-refractivity contribution in [3.8, 4) is 0 Å². The maximum atomic E-state index is 11.8. The number of halogens is 1. The first kappa shape index (κ1) is 17.6. The van der Waals surface area contributed by atoms with Gasteiger partial charge in [-0.15, -0.1) is 11.8 Å². The highest BCUT2D eigenvalue weighted by atomic mass is 35.5. The number of benzene rings is 1. The van der Waals surface area contributed by atoms with E-state index in [1.54, 1.807) is 11.8 Å². The fourth-order valence-electron chi connectivity index (χ4n) is 2.42. The number of likely N-dealkylation sites (tertiary alicyclic amines) is 1. The van der Waals surface area contributed by atoms with E-state index in [2.05, 4.69) is 10.2 Å². The number of piperidine rings is 1. The molecular formula is C16H23ClN2O2S. The van der Waals surface area contributed by atoms with Crippen LogP contribution in [-0.4, -0.2) is 53.9 Å². The molecule has 1 heterocycles. The fourth-order valence-corrected chi connectivity index (χ4v) is 3.56. The van der Waals surface area contributed by atoms with Gasteiger partial charge in [-0.1, -0.05) is 29.8 Å². The van der Waals surface area contributed by atoms with Crippen molar-refractivity contribution in [1.82, 2.24) is 10.2 Å². The average molecular weight is 343 g/mol. The van der Waals surface area contributed by atoms with Crippen LogP contribution in [0.5, 0.6) is 0 Å². The van der Waals surface area contributed by atoms with E-state index in [-0.39, 0.29) is 12.0 Å². The van der Waals surface area contributed by atoms with Crippen LogP contribution in [0.3, 0.4) is 0 Å². The zero-order chi connectivity index (χ0) is 15.8. The minimum atomic E-state index is -0.146. The van der Waals surface area contributed by atoms with Gasteiger partial charge in [-0.05, 0) is 24.5 Å². The summed E-state index contributed by atoms with van der Waals surface area (Å²) in [5.74, 6) is 1.26. The van der Waals surface area contributed by atoms with Gasteiger partial charge in [0.15, 0.2) is 0 Å². The number of carbonyl (C=O) groups is 1. The van der Waals surface area contributed by atoms with Crippen LogP contribution < -0.4 is 5.32 Å². The summed E-state index contributed by atoms with van der Waals surface area (Å²) in [7, 11) is 0. The first-order chi connectivity index (χ1) is 10.6. The number of thioether (sulfide) groups is 1. The molecule has 22 heavy (non-hydrogen) atoms. The van der Waals surface area contributed by atoms with Gasteiger partial charge in [-0.3, -0.25) is 4.79 Å². The van der Waals surface area contributed by atoms with Crippen LogP contribution in [0, 0.1) is 0 Å². The van der Waals surface area contributed by atoms with Crippen LogP contribution >= 0.6 is 23.4 Å². The Kier molecular flexibility index (Phi) is 7.52. The lowest BCUT2D eigenvalue weighted by atomic mass is 10.1. The second-order valence-electron chi connectivity index (χ2n) is 5.51. The molecule has 0 spiro atoms. The van der Waals surface area contributed by atoms with Crippen molar-refractivity contribution in [1.29, 1.82) is 0 Å². The molecule has 2 rings (SSSR count). The topological polar surface area (TPSA) is 52.6 Å². The van der Waals surface area contributed by atoms with Crippen molar-refractivity contribution in [2.75, 3.05) is 31.9 Å². The molecule has 4 nitrogen and oxygen atoms in total. The Morgan fingerprint density at radius 2 is 2.09 bits per heavy atom. The second-order valence-corrected chi connectivity index (χ2v) is 6.90. The summed E-state index contributed by atoms with van der Waals surface area (Å²) in [4.78, 5) is 14.1. The van der Waals surface area contributed by atoms with Gasteiger partial charge in [0.25, 0.3) is 0 Å². The monoisotopic (exact) mass is 342 g/mol. The number of hydrogen-bond acceptors (Lipinski definition) is 4. The Balaban J connectivity index is 1.55. The zero-order valence-electron chi connectivity index (χ0n) is 12.6. The van der Waals surface area contributed by atoms with E-state index in [9.17, 15) is 9.90 Å². The van der Waals surface area contributed by atoms with Crippen molar-refractivity contribution in [3.63, 3.8) is 0 Å². The normalized spacial score (nSPS) is 16.6. The molecule has 6 heteroatoms. The first-order valence-electron chi connectivity index (χ1n) is 7.63. The van der Waals surface area contributed by atoms with E-state index in [1.807, 2.05) is 24.3 Å². The van der Waals surface area contributed by atoms with E-state index in [4.69, 9.17) is 11.6 Å². The molecule has 0 radical (unpaired) electrons. The molecule has 1 aliphatic rings. The maximum absolute atomic E-state index is 11.8. The third-order valence-corrected chi connectivity index (χ3v) is 5.11. The van der Waals surface area contributed by atoms with Crippen molar-refractivity contribution in [3.05, 3.63) is 34.9 Å². The summed E-state index contributed by atoms with van der Waals surface area (Å²) in [6, 6.07) is 7.71. The van der Waals surface area contributed by atoms with Crippen LogP contribution in [0.2, 0.25) is 5.02 Å². The molecule has 0 atom stereocenters. The number of amides is 1. The number of nitrogens with zero attached hydrogens (tertiary/aromatic N) is 1. The Morgan fingerprint density at radius 3 is 2.82 bits per heavy atom. The SMILES string of the molecule is O=C(CSCc1ccccc1Cl)NCCN1CCC(O)CC1. The molecule has 0 unspecified atom stereocenters. The molecule has 122 valence electrons. The Hall–Kier alpha value is -0.750. The standard InChI is InChI=1S/C16H23ClN2O2S/c17-15-4-2-1-3-13(15)11-22-12-16(21)18-7-10-19-8-5-14(20)6-9-19/h1-4,14,20H,5-12H2,(H,18,21). The predicted octanol–water partition coefficient (Wildman–Crippen LogP) is 2.15. The predicted molar refractivity (Wildman–Crippen MR) is 92.3 cm³/mol. The summed E-state index contributed by atoms with van der Waals surface area (Å²) in [5.41, 5.74) is 1.06. The lowest BCUT2D eigenvalue weighted by Crippen LogP contribution is -2.41. The Labute approximate surface area is 141 Å². The molecule has 1 aliphatic heterocycles. The molecule has 0 saturated carbocycles. The molecule has 0 aliphatic carbocycles. The number of rotatable bonds is 7. The number of carbonyl (C=O) groups excluding carboxylic acids is 1. The number of aliphatic hydroxyl groups is 1. The number of nitrogens with one attached hydrogen (secondary N) is 1. The summed E-state index contributed by atoms with van der Waals surface area (Å²) in [6.07, 6.45) is 1.52. The van der Waals surface area contributed by atoms with Gasteiger partial charge in [-0.2, -0.15) is 0 Å². The van der Waals surface area contributed by atoms with E-state index in [0.717, 1.165) is 48.8 Å². The van der Waals surface area contributed by atoms with Gasteiger partial charge in [-0.25, -0.2) is 0 Å². The van der Waals surface area contributed by atoms with Crippen LogP contribution in [0.4, 0.5) is 0 Å². The number of hydrogen-bond donors (Lipinski definition) is 2. The average Bonchev–Trinajstić information content (AvgIpc) is 2.51. The third kappa shape index (κ3) is 6.16. The highest BCUT2D eigenvalue weighted by Crippen LogP contribution is 2.20. The summed E-state index contributed by atoms with van der Waals surface area (Å²) < 4.78 is 0. The van der Waals surface area contributed by atoms with Crippen molar-refractivity contribution >= 4 is 29.3 Å². The minimum absolute atomic E-state index is 0.0640. The molecule has 1 saturated heterocycles. The Bertz CT molecular complexity index is 479. The molecule has 1 aromatic carbocycles. The van der Waals surface area contributed by atoms with Gasteiger partial charge in [0.05, 0.1) is 11.9 Å². The van der Waals surface area contributed by atoms with Crippen LogP contribution in [0.15, 0.2) is 24.3 Å². The quantitative estimate of drug-likeness (QED) is 0.797. The lowest BCUT2D eigenvalue weighted by Gasteiger charge is -2.29. The van der Waals surface area contributed by atoms with Crippen molar-refractivity contribution in [2.45, 2.75) is 24.7 Å². The molecule has 0 bridgehead atoms. The molecule has 2 N–H and O–H groups in total. The molecular weight excluding hydrogens is 320 g/mol. The van der Waals surface area contributed by atoms with Gasteiger partial charge in [0, 0.05) is 37.0 Å². The van der Waals surface area contributed by atoms with Crippen molar-refractivity contribution in [2.24, 2.45) is 0 Å². The van der Waals surface area contributed by atoms with Gasteiger partial charge in [0.1, 0.15) is 0 Å². The second kappa shape index (κ2) is 9.40. The van der Waals surface area contributed by atoms with Crippen molar-refractivity contribution < 1.29 is 9.90 Å². The lowest BCUT2D eigenvalue weighted by molar-refractivity contribution is -0.118. The largest absolute Gasteiger partial charge is 0.393 e. The summed E-state index contributed by atoms with van der Waals surface area (Å²) in [6.45, 7) is 3.35. The Morgan fingerprint density at radius 1 is 1.36 bits per heavy atom. The smallest absolute Gasteiger partial charge is 0.230 e. The maximum Gasteiger partial charge on any atom is 0.230 e. The molecule has 1 fully saturated rings. The molecule has 1 amide bonds. The highest BCUT2D eigenvalue weighted by Gasteiger charge is 2.16. The van der Waals surface area contributed by atoms with Gasteiger partial charge in [0.2, 0.25) is 5.91 Å².